The maximum Gasteiger partial charge on any atom is 0.309 e. The van der Waals surface area contributed by atoms with Crippen molar-refractivity contribution in [3.05, 3.63) is 29.8 Å². The number of carbonyl (C=O) groups excluding carboxylic acids is 2. The summed E-state index contributed by atoms with van der Waals surface area (Å²) in [5, 5.41) is 5.15. The number of nitrogens with one attached hydrogen (secondary N) is 2. The molecular weight excluding hydrogens is 336 g/mol. The topological polar surface area (TPSA) is 83.1 Å². The van der Waals surface area contributed by atoms with E-state index in [2.05, 4.69) is 10.6 Å². The molecule has 0 aromatic heterocycles. The first-order valence-corrected chi connectivity index (χ1v) is 8.35. The molecule has 0 fully saturated rings. The summed E-state index contributed by atoms with van der Waals surface area (Å²) in [5.41, 5.74) is 2.15. The minimum absolute atomic E-state index is 0.0475. The lowest BCUT2D eigenvalue weighted by molar-refractivity contribution is -0.141. The molecule has 146 valence electrons. The van der Waals surface area contributed by atoms with E-state index in [9.17, 15) is 9.59 Å². The summed E-state index contributed by atoms with van der Waals surface area (Å²) >= 11 is 0. The molecule has 0 unspecified atom stereocenters. The van der Waals surface area contributed by atoms with Crippen molar-refractivity contribution in [2.75, 3.05) is 60.4 Å². The molecule has 0 spiro atoms. The van der Waals surface area contributed by atoms with Gasteiger partial charge in [-0.25, -0.2) is 0 Å². The molecule has 8 nitrogen and oxygen atoms in total. The minimum atomic E-state index is -0.718. The van der Waals surface area contributed by atoms with E-state index >= 15 is 0 Å². The standard InChI is InChI=1S/C18H30N4O4/c1-21(2)14-9-7-13(8-10-14)15(22(3)4)11-19-17(23)18(24)20-12-16(25-5)26-6/h7-10,15-16H,11-12H2,1-6H3,(H,19,23)(H,20,24)/t15-/m1/s1. The van der Waals surface area contributed by atoms with Crippen LogP contribution >= 0.6 is 0 Å². The Balaban J connectivity index is 2.62. The number of hydrogen-bond donors (Lipinski definition) is 2. The summed E-state index contributed by atoms with van der Waals surface area (Å²) < 4.78 is 9.93. The molecule has 8 heteroatoms. The average Bonchev–Trinajstić information content (AvgIpc) is 2.62. The van der Waals surface area contributed by atoms with Crippen LogP contribution in [-0.2, 0) is 19.1 Å². The molecule has 0 aliphatic rings. The van der Waals surface area contributed by atoms with Gasteiger partial charge in [0.15, 0.2) is 6.29 Å². The van der Waals surface area contributed by atoms with Crippen molar-refractivity contribution in [1.29, 1.82) is 0 Å². The lowest BCUT2D eigenvalue weighted by Crippen LogP contribution is -2.45. The smallest absolute Gasteiger partial charge is 0.309 e. The van der Waals surface area contributed by atoms with Crippen LogP contribution in [0.3, 0.4) is 0 Å². The monoisotopic (exact) mass is 366 g/mol. The number of hydrogen-bond acceptors (Lipinski definition) is 6. The first-order valence-electron chi connectivity index (χ1n) is 8.35. The van der Waals surface area contributed by atoms with Gasteiger partial charge in [0.1, 0.15) is 0 Å². The zero-order valence-corrected chi connectivity index (χ0v) is 16.4. The van der Waals surface area contributed by atoms with E-state index in [1.165, 1.54) is 14.2 Å². The summed E-state index contributed by atoms with van der Waals surface area (Å²) in [7, 11) is 10.7. The maximum atomic E-state index is 12.0. The number of benzene rings is 1. The zero-order chi connectivity index (χ0) is 19.7. The highest BCUT2D eigenvalue weighted by Gasteiger charge is 2.19. The summed E-state index contributed by atoms with van der Waals surface area (Å²) in [6.45, 7) is 0.418. The van der Waals surface area contributed by atoms with Crippen LogP contribution in [0.5, 0.6) is 0 Å². The van der Waals surface area contributed by atoms with Gasteiger partial charge in [0.2, 0.25) is 0 Å². The fraction of sp³-hybridized carbons (Fsp3) is 0.556. The number of rotatable bonds is 9. The molecule has 0 heterocycles. The van der Waals surface area contributed by atoms with Crippen LogP contribution in [0.15, 0.2) is 24.3 Å². The summed E-state index contributed by atoms with van der Waals surface area (Å²) in [6.07, 6.45) is -0.587. The van der Waals surface area contributed by atoms with Gasteiger partial charge in [-0.05, 0) is 31.8 Å². The fourth-order valence-electron chi connectivity index (χ4n) is 2.38. The van der Waals surface area contributed by atoms with Gasteiger partial charge in [0.05, 0.1) is 12.6 Å². The van der Waals surface area contributed by atoms with Crippen LogP contribution in [0.25, 0.3) is 0 Å². The van der Waals surface area contributed by atoms with Crippen LogP contribution in [0.2, 0.25) is 0 Å². The number of likely N-dealkylation sites (N-methyl/N-ethyl adjacent to an activating group) is 1. The highest BCUT2D eigenvalue weighted by atomic mass is 16.7. The van der Waals surface area contributed by atoms with Crippen LogP contribution in [0, 0.1) is 0 Å². The molecule has 0 radical (unpaired) electrons. The van der Waals surface area contributed by atoms with Gasteiger partial charge in [0, 0.05) is 40.5 Å². The number of amides is 2. The fourth-order valence-corrected chi connectivity index (χ4v) is 2.38. The number of ether oxygens (including phenoxy) is 2. The molecule has 0 aliphatic heterocycles. The van der Waals surface area contributed by atoms with Gasteiger partial charge < -0.3 is 29.9 Å². The Morgan fingerprint density at radius 3 is 1.85 bits per heavy atom. The first kappa shape index (κ1) is 21.9. The lowest BCUT2D eigenvalue weighted by Gasteiger charge is -2.25. The molecule has 0 bridgehead atoms. The van der Waals surface area contributed by atoms with Crippen LogP contribution in [0.1, 0.15) is 11.6 Å². The Kier molecular flexibility index (Phi) is 9.04. The molecule has 0 saturated heterocycles. The van der Waals surface area contributed by atoms with Crippen molar-refractivity contribution in [3.63, 3.8) is 0 Å². The Morgan fingerprint density at radius 2 is 1.42 bits per heavy atom. The lowest BCUT2D eigenvalue weighted by atomic mass is 10.1. The van der Waals surface area contributed by atoms with Crippen molar-refractivity contribution >= 4 is 17.5 Å². The van der Waals surface area contributed by atoms with E-state index in [1.54, 1.807) is 0 Å². The van der Waals surface area contributed by atoms with E-state index in [0.717, 1.165) is 11.3 Å². The predicted molar refractivity (Wildman–Crippen MR) is 101 cm³/mol. The first-order chi connectivity index (χ1) is 12.3. The molecule has 0 saturated carbocycles. The largest absolute Gasteiger partial charge is 0.378 e. The molecule has 2 amide bonds. The molecule has 2 N–H and O–H groups in total. The van der Waals surface area contributed by atoms with Crippen molar-refractivity contribution in [1.82, 2.24) is 15.5 Å². The highest BCUT2D eigenvalue weighted by Crippen LogP contribution is 2.20. The van der Waals surface area contributed by atoms with Gasteiger partial charge in [-0.1, -0.05) is 12.1 Å². The van der Waals surface area contributed by atoms with Gasteiger partial charge in [-0.15, -0.1) is 0 Å². The minimum Gasteiger partial charge on any atom is -0.378 e. The average molecular weight is 366 g/mol. The van der Waals surface area contributed by atoms with Gasteiger partial charge in [-0.3, -0.25) is 9.59 Å². The number of carbonyl (C=O) groups is 2. The second kappa shape index (κ2) is 10.7. The molecule has 1 rings (SSSR count). The third-order valence-corrected chi connectivity index (χ3v) is 4.03. The maximum absolute atomic E-state index is 12.0. The summed E-state index contributed by atoms with van der Waals surface area (Å²) in [5.74, 6) is -1.41. The molecule has 26 heavy (non-hydrogen) atoms. The van der Waals surface area contributed by atoms with E-state index < -0.39 is 18.1 Å². The predicted octanol–water partition coefficient (Wildman–Crippen LogP) is 0.207. The van der Waals surface area contributed by atoms with Crippen LogP contribution in [0.4, 0.5) is 5.69 Å². The molecule has 0 aliphatic carbocycles. The Morgan fingerprint density at radius 1 is 0.923 bits per heavy atom. The molecular formula is C18H30N4O4. The van der Waals surface area contributed by atoms with Gasteiger partial charge >= 0.3 is 11.8 Å². The van der Waals surface area contributed by atoms with Crippen LogP contribution in [-0.4, -0.2) is 78.5 Å². The van der Waals surface area contributed by atoms with Crippen molar-refractivity contribution in [3.8, 4) is 0 Å². The highest BCUT2D eigenvalue weighted by molar-refractivity contribution is 6.35. The van der Waals surface area contributed by atoms with E-state index in [4.69, 9.17) is 9.47 Å². The second-order valence-electron chi connectivity index (χ2n) is 6.29. The zero-order valence-electron chi connectivity index (χ0n) is 16.4. The Bertz CT molecular complexity index is 571. The Labute approximate surface area is 155 Å². The van der Waals surface area contributed by atoms with E-state index in [1.807, 2.05) is 62.3 Å². The third kappa shape index (κ3) is 6.62. The molecule has 1 aromatic rings. The third-order valence-electron chi connectivity index (χ3n) is 4.03. The summed E-state index contributed by atoms with van der Waals surface area (Å²) in [4.78, 5) is 27.9. The second-order valence-corrected chi connectivity index (χ2v) is 6.29. The summed E-state index contributed by atoms with van der Waals surface area (Å²) in [6, 6.07) is 8.04. The van der Waals surface area contributed by atoms with Crippen molar-refractivity contribution in [2.45, 2.75) is 12.3 Å². The van der Waals surface area contributed by atoms with Gasteiger partial charge in [0.25, 0.3) is 0 Å². The SMILES string of the molecule is COC(CNC(=O)C(=O)NC[C@H](c1ccc(N(C)C)cc1)N(C)C)OC. The number of nitrogens with zero attached hydrogens (tertiary/aromatic N) is 2. The number of anilines is 1. The normalized spacial score (nSPS) is 12.2. The van der Waals surface area contributed by atoms with E-state index in [-0.39, 0.29) is 12.6 Å². The Hall–Kier alpha value is -2.16. The molecule has 1 atom stereocenters. The quantitative estimate of drug-likeness (QED) is 0.480. The van der Waals surface area contributed by atoms with Crippen LogP contribution < -0.4 is 15.5 Å². The number of methoxy groups -OCH3 is 2. The van der Waals surface area contributed by atoms with Gasteiger partial charge in [-0.2, -0.15) is 0 Å². The van der Waals surface area contributed by atoms with Crippen molar-refractivity contribution < 1.29 is 19.1 Å². The molecule has 1 aromatic carbocycles. The van der Waals surface area contributed by atoms with Crippen molar-refractivity contribution in [2.24, 2.45) is 0 Å². The van der Waals surface area contributed by atoms with E-state index in [0.29, 0.717) is 6.54 Å².